The average molecular weight is 839 g/mol. The Hall–Kier alpha value is -5.87. The van der Waals surface area contributed by atoms with Gasteiger partial charge in [-0.3, -0.25) is 4.98 Å². The van der Waals surface area contributed by atoms with Crippen molar-refractivity contribution in [3.63, 3.8) is 0 Å². The maximum atomic E-state index is 7.23. The largest absolute Gasteiger partial charge is 0.557 e. The summed E-state index contributed by atoms with van der Waals surface area (Å²) in [5.41, 5.74) is 12.4. The van der Waals surface area contributed by atoms with Gasteiger partial charge in [-0.15, -0.1) is 35.9 Å². The minimum Gasteiger partial charge on any atom is -0.557 e. The summed E-state index contributed by atoms with van der Waals surface area (Å²) in [5, 5.41) is 0.997. The zero-order valence-electron chi connectivity index (χ0n) is 30.7. The summed E-state index contributed by atoms with van der Waals surface area (Å²) < 4.78 is 29.8. The Morgan fingerprint density at radius 3 is 2.08 bits per heavy atom. The first-order valence-corrected chi connectivity index (χ1v) is 16.4. The molecule has 0 aliphatic rings. The summed E-state index contributed by atoms with van der Waals surface area (Å²) in [6.07, 6.45) is 4.57. The average Bonchev–Trinajstić information content (AvgIpc) is 3.80. The molecule has 0 N–H and O–H groups in total. The molecule has 0 spiro atoms. The fourth-order valence-corrected chi connectivity index (χ4v) is 6.21. The van der Waals surface area contributed by atoms with Crippen LogP contribution < -0.4 is 0 Å². The van der Waals surface area contributed by atoms with Crippen molar-refractivity contribution in [2.24, 2.45) is 0 Å². The number of hydrogen-bond acceptors (Lipinski definition) is 3. The number of rotatable bonds is 5. The van der Waals surface area contributed by atoms with E-state index in [1.165, 1.54) is 22.9 Å². The first-order chi connectivity index (χ1) is 25.8. The number of nitrogens with zero attached hydrogens (tertiary/aromatic N) is 3. The number of fused-ring (bicyclic) bond motifs is 2. The van der Waals surface area contributed by atoms with Gasteiger partial charge in [0.1, 0.15) is 0 Å². The van der Waals surface area contributed by atoms with Gasteiger partial charge < -0.3 is 14.0 Å². The van der Waals surface area contributed by atoms with Crippen LogP contribution in [0.1, 0.15) is 15.2 Å². The number of imidazole rings is 1. The van der Waals surface area contributed by atoms with Crippen molar-refractivity contribution in [1.29, 1.82) is 0 Å². The van der Waals surface area contributed by atoms with E-state index in [0.717, 1.165) is 61.5 Å². The van der Waals surface area contributed by atoms with E-state index in [2.05, 4.69) is 126 Å². The van der Waals surface area contributed by atoms with Gasteiger partial charge in [-0.1, -0.05) is 120 Å². The molecule has 0 aliphatic heterocycles. The van der Waals surface area contributed by atoms with Gasteiger partial charge in [-0.05, 0) is 77.1 Å². The Kier molecular flexibility index (Phi) is 8.79. The van der Waals surface area contributed by atoms with Gasteiger partial charge in [-0.2, -0.15) is 0 Å². The molecule has 0 atom stereocenters. The molecule has 0 unspecified atom stereocenters. The fraction of sp³-hybridized carbons (Fsp3) is 0.0435. The third-order valence-corrected chi connectivity index (χ3v) is 8.70. The molecule has 0 amide bonds. The topological polar surface area (TPSA) is 43.9 Å². The Morgan fingerprint density at radius 1 is 0.686 bits per heavy atom. The van der Waals surface area contributed by atoms with E-state index in [1.807, 2.05) is 42.5 Å². The third kappa shape index (κ3) is 6.95. The monoisotopic (exact) mass is 839 g/mol. The SMILES string of the molecule is Cc1cc(-c2ccccc2)ccc1-n1c(-c2[c-]oc3ccc(-c4ccccc4)cc23)nc2ccccc21.[2H]C([2H])([2H])c1ccc(-c2[c-]cccc2)nc1.[Ir]. The van der Waals surface area contributed by atoms with Crippen LogP contribution in [0.25, 0.3) is 72.6 Å². The summed E-state index contributed by atoms with van der Waals surface area (Å²) in [6.45, 7) is 0.0664. The van der Waals surface area contributed by atoms with Crippen LogP contribution in [0.2, 0.25) is 0 Å². The summed E-state index contributed by atoms with van der Waals surface area (Å²) in [6, 6.07) is 55.8. The van der Waals surface area contributed by atoms with Crippen LogP contribution in [0, 0.1) is 26.1 Å². The zero-order valence-corrected chi connectivity index (χ0v) is 30.1. The van der Waals surface area contributed by atoms with E-state index >= 15 is 0 Å². The number of pyridine rings is 1. The van der Waals surface area contributed by atoms with Crippen LogP contribution in [0.15, 0.2) is 168 Å². The molecule has 3 heterocycles. The number of furan rings is 1. The molecule has 3 aromatic heterocycles. The van der Waals surface area contributed by atoms with Crippen LogP contribution in [0.4, 0.5) is 0 Å². The van der Waals surface area contributed by atoms with Gasteiger partial charge in [0.2, 0.25) is 0 Å². The van der Waals surface area contributed by atoms with Crippen molar-refractivity contribution in [2.45, 2.75) is 13.8 Å². The first kappa shape index (κ1) is 30.0. The summed E-state index contributed by atoms with van der Waals surface area (Å²) in [7, 11) is 0. The van der Waals surface area contributed by atoms with Gasteiger partial charge >= 0.3 is 0 Å². The molecule has 0 aliphatic carbocycles. The summed E-state index contributed by atoms with van der Waals surface area (Å²) in [5.74, 6) is 0.820. The van der Waals surface area contributed by atoms with Crippen molar-refractivity contribution < 1.29 is 28.6 Å². The molecule has 9 rings (SSSR count). The Labute approximate surface area is 315 Å². The molecule has 1 radical (unpaired) electrons. The van der Waals surface area contributed by atoms with E-state index in [9.17, 15) is 0 Å². The number of aryl methyl sites for hydroxylation is 2. The van der Waals surface area contributed by atoms with Crippen LogP contribution in [0.5, 0.6) is 0 Å². The van der Waals surface area contributed by atoms with Gasteiger partial charge in [0.05, 0.1) is 16.9 Å². The second kappa shape index (κ2) is 14.9. The van der Waals surface area contributed by atoms with Gasteiger partial charge in [0.25, 0.3) is 0 Å². The smallest absolute Gasteiger partial charge is 0.0774 e. The molecule has 51 heavy (non-hydrogen) atoms. The van der Waals surface area contributed by atoms with Crippen LogP contribution in [0.3, 0.4) is 0 Å². The molecule has 0 fully saturated rings. The molecule has 5 heteroatoms. The van der Waals surface area contributed by atoms with E-state index in [1.54, 1.807) is 18.2 Å². The minimum absolute atomic E-state index is 0. The van der Waals surface area contributed by atoms with Crippen LogP contribution >= 0.6 is 0 Å². The second-order valence-electron chi connectivity index (χ2n) is 12.0. The van der Waals surface area contributed by atoms with Crippen molar-refractivity contribution in [1.82, 2.24) is 14.5 Å². The molecule has 0 saturated heterocycles. The Morgan fingerprint density at radius 2 is 1.39 bits per heavy atom. The predicted octanol–water partition coefficient (Wildman–Crippen LogP) is 11.7. The predicted molar refractivity (Wildman–Crippen MR) is 204 cm³/mol. The van der Waals surface area contributed by atoms with E-state index in [0.29, 0.717) is 0 Å². The van der Waals surface area contributed by atoms with E-state index < -0.39 is 6.85 Å². The number of aromatic nitrogens is 3. The van der Waals surface area contributed by atoms with Crippen molar-refractivity contribution in [3.8, 4) is 50.6 Å². The van der Waals surface area contributed by atoms with Gasteiger partial charge in [0, 0.05) is 47.9 Å². The molecule has 0 saturated carbocycles. The fourth-order valence-electron chi connectivity index (χ4n) is 6.21. The minimum atomic E-state index is -2.09. The number of hydrogen-bond donors (Lipinski definition) is 0. The molecular formula is C46H33IrN3O-2. The van der Waals surface area contributed by atoms with Gasteiger partial charge in [0.15, 0.2) is 0 Å². The molecule has 0 bridgehead atoms. The molecule has 249 valence electrons. The van der Waals surface area contributed by atoms with Gasteiger partial charge in [-0.25, -0.2) is 0 Å². The first-order valence-electron chi connectivity index (χ1n) is 17.9. The van der Waals surface area contributed by atoms with E-state index in [4.69, 9.17) is 13.5 Å². The summed E-state index contributed by atoms with van der Waals surface area (Å²) >= 11 is 0. The van der Waals surface area contributed by atoms with Crippen molar-refractivity contribution in [3.05, 3.63) is 187 Å². The third-order valence-electron chi connectivity index (χ3n) is 8.70. The molecule has 6 aromatic carbocycles. The molecule has 4 nitrogen and oxygen atoms in total. The molecular weight excluding hydrogens is 803 g/mol. The van der Waals surface area contributed by atoms with Crippen LogP contribution in [-0.2, 0) is 20.1 Å². The number of benzene rings is 6. The second-order valence-corrected chi connectivity index (χ2v) is 12.0. The zero-order chi connectivity index (χ0) is 36.4. The normalized spacial score (nSPS) is 11.9. The van der Waals surface area contributed by atoms with Crippen LogP contribution in [-0.4, -0.2) is 14.5 Å². The quantitative estimate of drug-likeness (QED) is 0.162. The number of para-hydroxylation sites is 2. The maximum absolute atomic E-state index is 7.23. The standard InChI is InChI=1S/C34H23N2O.C12H10N.Ir/c1-23-20-26(24-10-4-2-5-11-24)16-18-31(23)36-32-15-9-8-14-30(32)35-34(36)29-22-37-33-19-17-27(21-28(29)33)25-12-6-3-7-13-25;1-10-7-8-12(13-9-10)11-5-3-2-4-6-11;/h2-21H,1H3;2-5,7-9H,1H3;/q2*-1;/i;1D3;. The maximum Gasteiger partial charge on any atom is 0.0774 e. The Balaban J connectivity index is 0.000000223. The van der Waals surface area contributed by atoms with E-state index in [-0.39, 0.29) is 25.7 Å². The molecule has 9 aromatic rings. The Bertz CT molecular complexity index is 2650. The van der Waals surface area contributed by atoms with Crippen molar-refractivity contribution >= 4 is 22.0 Å². The summed E-state index contributed by atoms with van der Waals surface area (Å²) in [4.78, 5) is 9.20. The van der Waals surface area contributed by atoms with Crippen molar-refractivity contribution in [2.75, 3.05) is 0 Å².